The van der Waals surface area contributed by atoms with Crippen LogP contribution in [0.3, 0.4) is 0 Å². The Labute approximate surface area is 143 Å². The number of benzene rings is 1. The molecule has 0 aliphatic rings. The van der Waals surface area contributed by atoms with Crippen LogP contribution in [0.2, 0.25) is 0 Å². The minimum Gasteiger partial charge on any atom is -0.352 e. The maximum Gasteiger partial charge on any atom is 0.223 e. The number of anilines is 1. The first kappa shape index (κ1) is 17.1. The lowest BCUT2D eigenvalue weighted by molar-refractivity contribution is -0.121. The number of carbonyl (C=O) groups excluding carboxylic acids is 2. The minimum absolute atomic E-state index is 0.0971. The second-order valence-electron chi connectivity index (χ2n) is 5.00. The van der Waals surface area contributed by atoms with E-state index in [4.69, 9.17) is 0 Å². The van der Waals surface area contributed by atoms with E-state index in [0.29, 0.717) is 13.1 Å². The highest BCUT2D eigenvalue weighted by Crippen LogP contribution is 2.25. The number of nitrogens with zero attached hydrogens (tertiary/aromatic N) is 2. The Kier molecular flexibility index (Phi) is 6.29. The van der Waals surface area contributed by atoms with Gasteiger partial charge in [-0.25, -0.2) is 0 Å². The van der Waals surface area contributed by atoms with E-state index < -0.39 is 0 Å². The molecule has 1 aromatic heterocycles. The van der Waals surface area contributed by atoms with Crippen molar-refractivity contribution in [1.82, 2.24) is 10.3 Å². The van der Waals surface area contributed by atoms with Crippen LogP contribution >= 0.6 is 15.9 Å². The molecular formula is C17H18BrN3O2. The van der Waals surface area contributed by atoms with Crippen LogP contribution in [0.1, 0.15) is 18.9 Å². The van der Waals surface area contributed by atoms with Crippen molar-refractivity contribution in [2.45, 2.75) is 19.9 Å². The van der Waals surface area contributed by atoms with Gasteiger partial charge in [0.05, 0.1) is 5.69 Å². The fourth-order valence-corrected chi connectivity index (χ4v) is 2.62. The van der Waals surface area contributed by atoms with E-state index in [2.05, 4.69) is 26.2 Å². The van der Waals surface area contributed by atoms with Gasteiger partial charge in [0.25, 0.3) is 0 Å². The average molecular weight is 376 g/mol. The van der Waals surface area contributed by atoms with Gasteiger partial charge in [-0.2, -0.15) is 0 Å². The van der Waals surface area contributed by atoms with Crippen molar-refractivity contribution >= 4 is 33.4 Å². The molecular weight excluding hydrogens is 358 g/mol. The average Bonchev–Trinajstić information content (AvgIpc) is 2.55. The molecule has 0 saturated carbocycles. The van der Waals surface area contributed by atoms with Gasteiger partial charge >= 0.3 is 0 Å². The Morgan fingerprint density at radius 2 is 1.87 bits per heavy atom. The van der Waals surface area contributed by atoms with Gasteiger partial charge in [0, 0.05) is 43.3 Å². The number of hydrogen-bond acceptors (Lipinski definition) is 3. The van der Waals surface area contributed by atoms with Crippen LogP contribution in [0.4, 0.5) is 5.69 Å². The first-order valence-corrected chi connectivity index (χ1v) is 8.05. The molecule has 5 nitrogen and oxygen atoms in total. The number of amides is 2. The van der Waals surface area contributed by atoms with Crippen molar-refractivity contribution in [3.63, 3.8) is 0 Å². The SMILES string of the molecule is CC(=O)N(CCC(=O)NCc1ccncc1)c1ccccc1Br. The Morgan fingerprint density at radius 3 is 2.52 bits per heavy atom. The second kappa shape index (κ2) is 8.43. The highest BCUT2D eigenvalue weighted by atomic mass is 79.9. The van der Waals surface area contributed by atoms with Gasteiger partial charge in [-0.3, -0.25) is 14.6 Å². The van der Waals surface area contributed by atoms with Gasteiger partial charge in [-0.05, 0) is 45.8 Å². The zero-order valence-electron chi connectivity index (χ0n) is 12.8. The molecule has 0 aliphatic heterocycles. The Morgan fingerprint density at radius 1 is 1.17 bits per heavy atom. The molecule has 1 N–H and O–H groups in total. The molecule has 120 valence electrons. The number of rotatable bonds is 6. The van der Waals surface area contributed by atoms with Gasteiger partial charge in [-0.15, -0.1) is 0 Å². The Bertz CT molecular complexity index is 677. The molecule has 2 amide bonds. The molecule has 1 aromatic carbocycles. The van der Waals surface area contributed by atoms with E-state index in [-0.39, 0.29) is 18.2 Å². The normalized spacial score (nSPS) is 10.2. The predicted molar refractivity (Wildman–Crippen MR) is 92.9 cm³/mol. The molecule has 1 heterocycles. The first-order chi connectivity index (χ1) is 11.1. The summed E-state index contributed by atoms with van der Waals surface area (Å²) in [7, 11) is 0. The van der Waals surface area contributed by atoms with Gasteiger partial charge in [0.1, 0.15) is 0 Å². The molecule has 0 fully saturated rings. The molecule has 6 heteroatoms. The third kappa shape index (κ3) is 5.17. The van der Waals surface area contributed by atoms with Crippen molar-refractivity contribution in [1.29, 1.82) is 0 Å². The number of para-hydroxylation sites is 1. The molecule has 2 rings (SSSR count). The molecule has 0 aliphatic carbocycles. The molecule has 23 heavy (non-hydrogen) atoms. The molecule has 0 spiro atoms. The lowest BCUT2D eigenvalue weighted by Crippen LogP contribution is -2.34. The van der Waals surface area contributed by atoms with Crippen LogP contribution in [0, 0.1) is 0 Å². The van der Waals surface area contributed by atoms with E-state index in [1.54, 1.807) is 17.3 Å². The van der Waals surface area contributed by atoms with Crippen LogP contribution in [0.5, 0.6) is 0 Å². The largest absolute Gasteiger partial charge is 0.352 e. The third-order valence-corrected chi connectivity index (χ3v) is 4.00. The summed E-state index contributed by atoms with van der Waals surface area (Å²) in [4.78, 5) is 29.4. The highest BCUT2D eigenvalue weighted by Gasteiger charge is 2.15. The zero-order valence-corrected chi connectivity index (χ0v) is 14.4. The minimum atomic E-state index is -0.0983. The predicted octanol–water partition coefficient (Wildman–Crippen LogP) is 2.90. The summed E-state index contributed by atoms with van der Waals surface area (Å²) in [5.41, 5.74) is 1.75. The second-order valence-corrected chi connectivity index (χ2v) is 5.86. The third-order valence-electron chi connectivity index (χ3n) is 3.32. The van der Waals surface area contributed by atoms with Crippen molar-refractivity contribution in [3.05, 3.63) is 58.8 Å². The quantitative estimate of drug-likeness (QED) is 0.843. The fourth-order valence-electron chi connectivity index (χ4n) is 2.12. The van der Waals surface area contributed by atoms with Crippen molar-refractivity contribution in [3.8, 4) is 0 Å². The van der Waals surface area contributed by atoms with Crippen LogP contribution in [0.15, 0.2) is 53.3 Å². The van der Waals surface area contributed by atoms with Gasteiger partial charge in [0.2, 0.25) is 11.8 Å². The van der Waals surface area contributed by atoms with Crippen LogP contribution in [-0.2, 0) is 16.1 Å². The van der Waals surface area contributed by atoms with E-state index >= 15 is 0 Å². The summed E-state index contributed by atoms with van der Waals surface area (Å²) in [6.07, 6.45) is 3.61. The van der Waals surface area contributed by atoms with Gasteiger partial charge in [0.15, 0.2) is 0 Å². The van der Waals surface area contributed by atoms with E-state index in [0.717, 1.165) is 15.7 Å². The maximum atomic E-state index is 12.0. The lowest BCUT2D eigenvalue weighted by atomic mass is 10.2. The first-order valence-electron chi connectivity index (χ1n) is 7.26. The van der Waals surface area contributed by atoms with E-state index in [1.807, 2.05) is 36.4 Å². The maximum absolute atomic E-state index is 12.0. The Balaban J connectivity index is 1.90. The summed E-state index contributed by atoms with van der Waals surface area (Å²) >= 11 is 3.43. The summed E-state index contributed by atoms with van der Waals surface area (Å²) < 4.78 is 0.826. The van der Waals surface area contributed by atoms with Crippen LogP contribution < -0.4 is 10.2 Å². The summed E-state index contributed by atoms with van der Waals surface area (Å²) in [5.74, 6) is -0.195. The number of hydrogen-bond donors (Lipinski definition) is 1. The van der Waals surface area contributed by atoms with Crippen molar-refractivity contribution in [2.75, 3.05) is 11.4 Å². The molecule has 2 aromatic rings. The standard InChI is InChI=1S/C17H18BrN3O2/c1-13(22)21(16-5-3-2-4-15(16)18)11-8-17(23)20-12-14-6-9-19-10-7-14/h2-7,9-10H,8,11-12H2,1H3,(H,20,23). The molecule has 0 bridgehead atoms. The molecule has 0 unspecified atom stereocenters. The molecule has 0 radical (unpaired) electrons. The number of nitrogens with one attached hydrogen (secondary N) is 1. The van der Waals surface area contributed by atoms with Crippen LogP contribution in [0.25, 0.3) is 0 Å². The highest BCUT2D eigenvalue weighted by molar-refractivity contribution is 9.10. The zero-order chi connectivity index (χ0) is 16.7. The number of halogens is 1. The molecule has 0 atom stereocenters. The van der Waals surface area contributed by atoms with Gasteiger partial charge < -0.3 is 10.2 Å². The summed E-state index contributed by atoms with van der Waals surface area (Å²) in [5, 5.41) is 2.84. The Hall–Kier alpha value is -2.21. The number of pyridine rings is 1. The smallest absolute Gasteiger partial charge is 0.223 e. The lowest BCUT2D eigenvalue weighted by Gasteiger charge is -2.22. The monoisotopic (exact) mass is 375 g/mol. The number of aromatic nitrogens is 1. The summed E-state index contributed by atoms with van der Waals surface area (Å²) in [6, 6.07) is 11.2. The van der Waals surface area contributed by atoms with Crippen LogP contribution in [-0.4, -0.2) is 23.3 Å². The number of carbonyl (C=O) groups is 2. The van der Waals surface area contributed by atoms with E-state index in [9.17, 15) is 9.59 Å². The topological polar surface area (TPSA) is 62.3 Å². The molecule has 0 saturated heterocycles. The van der Waals surface area contributed by atoms with E-state index in [1.165, 1.54) is 6.92 Å². The van der Waals surface area contributed by atoms with Crippen molar-refractivity contribution < 1.29 is 9.59 Å². The van der Waals surface area contributed by atoms with Crippen molar-refractivity contribution in [2.24, 2.45) is 0 Å². The van der Waals surface area contributed by atoms with Gasteiger partial charge in [-0.1, -0.05) is 12.1 Å². The summed E-state index contributed by atoms with van der Waals surface area (Å²) in [6.45, 7) is 2.28. The fraction of sp³-hybridized carbons (Fsp3) is 0.235.